The molecular weight excluding hydrogens is 400 g/mol. The number of aromatic nitrogens is 3. The fraction of sp³-hybridized carbons (Fsp3) is 0.909. The zero-order valence-corrected chi connectivity index (χ0v) is 20.6. The van der Waals surface area contributed by atoms with Crippen LogP contribution in [-0.4, -0.2) is 93.6 Å². The summed E-state index contributed by atoms with van der Waals surface area (Å²) in [7, 11) is 0. The molecule has 0 unspecified atom stereocenters. The van der Waals surface area contributed by atoms with E-state index in [0.29, 0.717) is 84.6 Å². The van der Waals surface area contributed by atoms with E-state index in [-0.39, 0.29) is 0 Å². The predicted octanol–water partition coefficient (Wildman–Crippen LogP) is 2.51. The van der Waals surface area contributed by atoms with Crippen LogP contribution in [0.1, 0.15) is 53.2 Å². The third-order valence-corrected chi connectivity index (χ3v) is 3.90. The van der Waals surface area contributed by atoms with Gasteiger partial charge < -0.3 is 29.0 Å². The summed E-state index contributed by atoms with van der Waals surface area (Å²) in [5.74, 6) is 0.392. The maximum Gasteiger partial charge on any atom is 0.0852 e. The molecule has 0 amide bonds. The summed E-state index contributed by atoms with van der Waals surface area (Å²) in [5.41, 5.74) is 1.00. The van der Waals surface area contributed by atoms with Gasteiger partial charge in [-0.25, -0.2) is 4.68 Å². The normalized spacial score (nSPS) is 11.2. The van der Waals surface area contributed by atoms with Gasteiger partial charge in [-0.15, -0.1) is 5.10 Å². The van der Waals surface area contributed by atoms with Crippen molar-refractivity contribution < 1.29 is 23.7 Å². The Labute approximate surface area is 189 Å². The van der Waals surface area contributed by atoms with Gasteiger partial charge in [-0.1, -0.05) is 46.8 Å². The first-order valence-corrected chi connectivity index (χ1v) is 11.6. The lowest BCUT2D eigenvalue weighted by Crippen LogP contribution is -2.27. The third kappa shape index (κ3) is 19.3. The molecule has 1 aromatic rings. The fourth-order valence-corrected chi connectivity index (χ4v) is 2.25. The molecular formula is C22H46N4O5. The van der Waals surface area contributed by atoms with Crippen molar-refractivity contribution in [2.45, 2.75) is 60.0 Å². The van der Waals surface area contributed by atoms with Crippen molar-refractivity contribution in [2.24, 2.45) is 0 Å². The Morgan fingerprint density at radius 2 is 1.19 bits per heavy atom. The van der Waals surface area contributed by atoms with Crippen molar-refractivity contribution >= 4 is 0 Å². The largest absolute Gasteiger partial charge is 0.378 e. The van der Waals surface area contributed by atoms with Crippen molar-refractivity contribution in [3.05, 3.63) is 11.9 Å². The molecule has 1 rings (SSSR count). The molecule has 1 heterocycles. The van der Waals surface area contributed by atoms with Gasteiger partial charge in [-0.2, -0.15) is 0 Å². The Bertz CT molecular complexity index is 486. The van der Waals surface area contributed by atoms with Gasteiger partial charge in [0.15, 0.2) is 0 Å². The number of hydrogen-bond acceptors (Lipinski definition) is 8. The summed E-state index contributed by atoms with van der Waals surface area (Å²) >= 11 is 0. The van der Waals surface area contributed by atoms with Crippen LogP contribution in [0, 0.1) is 0 Å². The molecule has 31 heavy (non-hydrogen) atoms. The number of nitrogens with one attached hydrogen (secondary N) is 1. The maximum absolute atomic E-state index is 5.54. The molecule has 0 saturated heterocycles. The van der Waals surface area contributed by atoms with E-state index in [0.717, 1.165) is 12.2 Å². The topological polar surface area (TPSA) is 88.9 Å². The van der Waals surface area contributed by atoms with Crippen LogP contribution in [-0.2, 0) is 30.2 Å². The van der Waals surface area contributed by atoms with Crippen LogP contribution in [0.15, 0.2) is 6.20 Å². The minimum absolute atomic E-state index is 0.392. The SMILES string of the molecule is CC.CC(C)NCCOCCOCCOCCOCCOCCn1cc(C(C)C)nn1. The minimum atomic E-state index is 0.392. The van der Waals surface area contributed by atoms with E-state index < -0.39 is 0 Å². The Hall–Kier alpha value is -1.10. The van der Waals surface area contributed by atoms with E-state index in [2.05, 4.69) is 43.3 Å². The van der Waals surface area contributed by atoms with Crippen LogP contribution in [0.25, 0.3) is 0 Å². The zero-order valence-electron chi connectivity index (χ0n) is 20.6. The average Bonchev–Trinajstić information content (AvgIpc) is 3.23. The van der Waals surface area contributed by atoms with Gasteiger partial charge in [0.25, 0.3) is 0 Å². The number of rotatable bonds is 20. The molecule has 9 nitrogen and oxygen atoms in total. The summed E-state index contributed by atoms with van der Waals surface area (Å²) in [4.78, 5) is 0. The van der Waals surface area contributed by atoms with Crippen molar-refractivity contribution in [1.29, 1.82) is 0 Å². The molecule has 0 aromatic carbocycles. The highest BCUT2D eigenvalue weighted by atomic mass is 16.6. The molecule has 184 valence electrons. The molecule has 0 spiro atoms. The van der Waals surface area contributed by atoms with Gasteiger partial charge >= 0.3 is 0 Å². The molecule has 0 aliphatic heterocycles. The van der Waals surface area contributed by atoms with Crippen LogP contribution in [0.3, 0.4) is 0 Å². The van der Waals surface area contributed by atoms with Crippen LogP contribution >= 0.6 is 0 Å². The second kappa shape index (κ2) is 22.1. The van der Waals surface area contributed by atoms with E-state index in [4.69, 9.17) is 23.7 Å². The summed E-state index contributed by atoms with van der Waals surface area (Å²) < 4.78 is 29.2. The predicted molar refractivity (Wildman–Crippen MR) is 123 cm³/mol. The number of nitrogens with zero attached hydrogens (tertiary/aromatic N) is 3. The molecule has 1 N–H and O–H groups in total. The Morgan fingerprint density at radius 1 is 0.742 bits per heavy atom. The summed E-state index contributed by atoms with van der Waals surface area (Å²) in [6, 6.07) is 0.493. The fourth-order valence-electron chi connectivity index (χ4n) is 2.25. The zero-order chi connectivity index (χ0) is 23.2. The van der Waals surface area contributed by atoms with Gasteiger partial charge in [-0.3, -0.25) is 0 Å². The Balaban J connectivity index is 0.00000436. The van der Waals surface area contributed by atoms with E-state index >= 15 is 0 Å². The van der Waals surface area contributed by atoms with E-state index in [1.165, 1.54) is 0 Å². The van der Waals surface area contributed by atoms with Gasteiger partial charge in [0.05, 0.1) is 78.3 Å². The average molecular weight is 447 g/mol. The second-order valence-electron chi connectivity index (χ2n) is 7.23. The quantitative estimate of drug-likeness (QED) is 0.306. The standard InChI is InChI=1S/C20H40N4O5.C2H6/c1-18(2)20-17-24(23-22-20)6-8-26-10-12-28-14-16-29-15-13-27-11-9-25-7-5-21-19(3)4;1-2/h17-19,21H,5-16H2,1-4H3;1-2H3. The molecule has 0 radical (unpaired) electrons. The smallest absolute Gasteiger partial charge is 0.0852 e. The first-order chi connectivity index (χ1) is 15.1. The molecule has 0 bridgehead atoms. The van der Waals surface area contributed by atoms with E-state index in [1.807, 2.05) is 24.7 Å². The van der Waals surface area contributed by atoms with Gasteiger partial charge in [0, 0.05) is 18.8 Å². The minimum Gasteiger partial charge on any atom is -0.378 e. The maximum atomic E-state index is 5.54. The van der Waals surface area contributed by atoms with Crippen molar-refractivity contribution in [1.82, 2.24) is 20.3 Å². The highest BCUT2D eigenvalue weighted by Crippen LogP contribution is 2.08. The molecule has 0 atom stereocenters. The summed E-state index contributed by atoms with van der Waals surface area (Å²) in [5, 5.41) is 11.5. The lowest BCUT2D eigenvalue weighted by atomic mass is 10.2. The van der Waals surface area contributed by atoms with Crippen molar-refractivity contribution in [2.75, 3.05) is 72.6 Å². The lowest BCUT2D eigenvalue weighted by Gasteiger charge is -2.09. The molecule has 0 aliphatic rings. The van der Waals surface area contributed by atoms with Crippen LogP contribution < -0.4 is 5.32 Å². The Morgan fingerprint density at radius 3 is 1.61 bits per heavy atom. The number of ether oxygens (including phenoxy) is 5. The molecule has 0 aliphatic carbocycles. The lowest BCUT2D eigenvalue weighted by molar-refractivity contribution is -0.0114. The third-order valence-electron chi connectivity index (χ3n) is 3.90. The Kier molecular flexibility index (Phi) is 21.3. The summed E-state index contributed by atoms with van der Waals surface area (Å²) in [6.45, 7) is 19.8. The monoisotopic (exact) mass is 446 g/mol. The molecule has 0 fully saturated rings. The van der Waals surface area contributed by atoms with Crippen LogP contribution in [0.2, 0.25) is 0 Å². The van der Waals surface area contributed by atoms with Crippen LogP contribution in [0.4, 0.5) is 0 Å². The highest BCUT2D eigenvalue weighted by molar-refractivity contribution is 4.97. The van der Waals surface area contributed by atoms with Crippen LogP contribution in [0.5, 0.6) is 0 Å². The molecule has 0 saturated carbocycles. The van der Waals surface area contributed by atoms with E-state index in [1.54, 1.807) is 0 Å². The van der Waals surface area contributed by atoms with E-state index in [9.17, 15) is 0 Å². The summed E-state index contributed by atoms with van der Waals surface area (Å²) in [6.07, 6.45) is 1.96. The first kappa shape index (κ1) is 29.9. The van der Waals surface area contributed by atoms with Gasteiger partial charge in [0.2, 0.25) is 0 Å². The second-order valence-corrected chi connectivity index (χ2v) is 7.23. The van der Waals surface area contributed by atoms with Gasteiger partial charge in [-0.05, 0) is 5.92 Å². The van der Waals surface area contributed by atoms with Crippen molar-refractivity contribution in [3.8, 4) is 0 Å². The number of hydrogen-bond donors (Lipinski definition) is 1. The molecule has 1 aromatic heterocycles. The van der Waals surface area contributed by atoms with Gasteiger partial charge in [0.1, 0.15) is 0 Å². The first-order valence-electron chi connectivity index (χ1n) is 11.6. The highest BCUT2D eigenvalue weighted by Gasteiger charge is 2.04. The van der Waals surface area contributed by atoms with Crippen molar-refractivity contribution in [3.63, 3.8) is 0 Å². The molecule has 9 heteroatoms.